The maximum atomic E-state index is 12.0. The molecule has 0 spiro atoms. The zero-order valence-corrected chi connectivity index (χ0v) is 12.8. The zero-order valence-electron chi connectivity index (χ0n) is 12.8. The molecule has 2 rings (SSSR count). The van der Waals surface area contributed by atoms with E-state index in [9.17, 15) is 4.79 Å². The number of aryl methyl sites for hydroxylation is 3. The van der Waals surface area contributed by atoms with E-state index in [0.717, 1.165) is 31.5 Å². The van der Waals surface area contributed by atoms with Crippen molar-refractivity contribution in [2.75, 3.05) is 6.54 Å². The molecule has 2 heterocycles. The normalized spacial score (nSPS) is 22.8. The second-order valence-corrected chi connectivity index (χ2v) is 5.85. The Morgan fingerprint density at radius 3 is 2.95 bits per heavy atom. The van der Waals surface area contributed by atoms with Crippen molar-refractivity contribution in [3.05, 3.63) is 17.5 Å². The van der Waals surface area contributed by atoms with Gasteiger partial charge in [-0.1, -0.05) is 0 Å². The van der Waals surface area contributed by atoms with Crippen LogP contribution in [-0.4, -0.2) is 34.3 Å². The Morgan fingerprint density at radius 1 is 1.50 bits per heavy atom. The lowest BCUT2D eigenvalue weighted by atomic mass is 9.99. The van der Waals surface area contributed by atoms with Gasteiger partial charge in [-0.15, -0.1) is 0 Å². The van der Waals surface area contributed by atoms with Crippen LogP contribution in [0, 0.1) is 13.8 Å². The fourth-order valence-corrected chi connectivity index (χ4v) is 2.81. The molecule has 2 N–H and O–H groups in total. The summed E-state index contributed by atoms with van der Waals surface area (Å²) >= 11 is 0. The van der Waals surface area contributed by atoms with Crippen molar-refractivity contribution in [2.24, 2.45) is 0 Å². The number of carbonyl (C=O) groups excluding carboxylic acids is 1. The number of amides is 1. The number of hydrogen-bond acceptors (Lipinski definition) is 3. The Hall–Kier alpha value is -1.36. The van der Waals surface area contributed by atoms with E-state index < -0.39 is 0 Å². The molecule has 20 heavy (non-hydrogen) atoms. The summed E-state index contributed by atoms with van der Waals surface area (Å²) < 4.78 is 2.00. The average Bonchev–Trinajstić information content (AvgIpc) is 2.73. The van der Waals surface area contributed by atoms with Gasteiger partial charge in [-0.2, -0.15) is 5.10 Å². The predicted octanol–water partition coefficient (Wildman–Crippen LogP) is 1.54. The summed E-state index contributed by atoms with van der Waals surface area (Å²) in [5.74, 6) is 0.143. The molecule has 1 aliphatic heterocycles. The van der Waals surface area contributed by atoms with E-state index in [1.807, 2.05) is 11.6 Å². The van der Waals surface area contributed by atoms with E-state index in [0.29, 0.717) is 12.6 Å². The Morgan fingerprint density at radius 2 is 2.30 bits per heavy atom. The smallest absolute Gasteiger partial charge is 0.237 e. The molecule has 5 nitrogen and oxygen atoms in total. The summed E-state index contributed by atoms with van der Waals surface area (Å²) in [5, 5.41) is 10.8. The first-order valence-corrected chi connectivity index (χ1v) is 7.61. The first kappa shape index (κ1) is 15.0. The highest BCUT2D eigenvalue weighted by Gasteiger charge is 2.23. The number of rotatable bonds is 5. The fraction of sp³-hybridized carbons (Fsp3) is 0.733. The quantitative estimate of drug-likeness (QED) is 0.803. The van der Waals surface area contributed by atoms with Crippen LogP contribution in [0.3, 0.4) is 0 Å². The number of piperidine rings is 1. The van der Waals surface area contributed by atoms with Crippen molar-refractivity contribution in [2.45, 2.75) is 65.1 Å². The third-order valence-electron chi connectivity index (χ3n) is 3.88. The van der Waals surface area contributed by atoms with Gasteiger partial charge in [-0.3, -0.25) is 9.48 Å². The molecule has 1 fully saturated rings. The van der Waals surface area contributed by atoms with Gasteiger partial charge in [-0.05, 0) is 52.5 Å². The Balaban J connectivity index is 1.68. The standard InChI is InChI=1S/C15H26N4O/c1-11-6-4-7-14(17-11)15(20)16-8-5-9-19-13(3)10-12(2)18-19/h10-11,14,17H,4-9H2,1-3H3,(H,16,20). The van der Waals surface area contributed by atoms with Gasteiger partial charge in [0.15, 0.2) is 0 Å². The molecular formula is C15H26N4O. The molecule has 0 bridgehead atoms. The monoisotopic (exact) mass is 278 g/mol. The maximum Gasteiger partial charge on any atom is 0.237 e. The van der Waals surface area contributed by atoms with Crippen LogP contribution < -0.4 is 10.6 Å². The van der Waals surface area contributed by atoms with E-state index in [2.05, 4.69) is 35.6 Å². The summed E-state index contributed by atoms with van der Waals surface area (Å²) in [6.07, 6.45) is 4.17. The Bertz CT molecular complexity index is 455. The topological polar surface area (TPSA) is 59.0 Å². The van der Waals surface area contributed by atoms with Crippen LogP contribution >= 0.6 is 0 Å². The molecule has 0 saturated carbocycles. The number of aromatic nitrogens is 2. The van der Waals surface area contributed by atoms with Crippen LogP contribution in [0.1, 0.15) is 44.0 Å². The second-order valence-electron chi connectivity index (χ2n) is 5.85. The molecule has 1 aliphatic rings. The molecular weight excluding hydrogens is 252 g/mol. The summed E-state index contributed by atoms with van der Waals surface area (Å²) in [7, 11) is 0. The van der Waals surface area contributed by atoms with Crippen LogP contribution in [0.2, 0.25) is 0 Å². The lowest BCUT2D eigenvalue weighted by Gasteiger charge is -2.27. The van der Waals surface area contributed by atoms with Gasteiger partial charge in [0.05, 0.1) is 11.7 Å². The molecule has 112 valence electrons. The van der Waals surface area contributed by atoms with Gasteiger partial charge in [0.2, 0.25) is 5.91 Å². The third-order valence-corrected chi connectivity index (χ3v) is 3.88. The first-order chi connectivity index (χ1) is 9.56. The summed E-state index contributed by atoms with van der Waals surface area (Å²) in [4.78, 5) is 12.0. The van der Waals surface area contributed by atoms with Crippen molar-refractivity contribution in [1.82, 2.24) is 20.4 Å². The van der Waals surface area contributed by atoms with Gasteiger partial charge in [0.1, 0.15) is 0 Å². The third kappa shape index (κ3) is 4.07. The molecule has 5 heteroatoms. The maximum absolute atomic E-state index is 12.0. The van der Waals surface area contributed by atoms with Crippen molar-refractivity contribution in [3.8, 4) is 0 Å². The SMILES string of the molecule is Cc1cc(C)n(CCCNC(=O)C2CCCC(C)N2)n1. The first-order valence-electron chi connectivity index (χ1n) is 7.61. The van der Waals surface area contributed by atoms with Gasteiger partial charge in [0.25, 0.3) is 0 Å². The largest absolute Gasteiger partial charge is 0.355 e. The van der Waals surface area contributed by atoms with Gasteiger partial charge in [-0.25, -0.2) is 0 Å². The van der Waals surface area contributed by atoms with Crippen LogP contribution in [0.5, 0.6) is 0 Å². The minimum Gasteiger partial charge on any atom is -0.355 e. The lowest BCUT2D eigenvalue weighted by molar-refractivity contribution is -0.123. The molecule has 1 saturated heterocycles. The van der Waals surface area contributed by atoms with Crippen molar-refractivity contribution in [1.29, 1.82) is 0 Å². The van der Waals surface area contributed by atoms with E-state index >= 15 is 0 Å². The molecule has 0 aromatic carbocycles. The zero-order chi connectivity index (χ0) is 14.5. The molecule has 2 unspecified atom stereocenters. The van der Waals surface area contributed by atoms with Gasteiger partial charge in [0, 0.05) is 24.8 Å². The molecule has 0 radical (unpaired) electrons. The van der Waals surface area contributed by atoms with E-state index in [4.69, 9.17) is 0 Å². The van der Waals surface area contributed by atoms with E-state index in [-0.39, 0.29) is 11.9 Å². The Kier molecular flexibility index (Phi) is 5.17. The van der Waals surface area contributed by atoms with Crippen LogP contribution in [-0.2, 0) is 11.3 Å². The van der Waals surface area contributed by atoms with E-state index in [1.54, 1.807) is 0 Å². The number of nitrogens with one attached hydrogen (secondary N) is 2. The summed E-state index contributed by atoms with van der Waals surface area (Å²) in [6, 6.07) is 2.52. The van der Waals surface area contributed by atoms with Crippen molar-refractivity contribution >= 4 is 5.91 Å². The van der Waals surface area contributed by atoms with Crippen molar-refractivity contribution in [3.63, 3.8) is 0 Å². The lowest BCUT2D eigenvalue weighted by Crippen LogP contribution is -2.50. The fourth-order valence-electron chi connectivity index (χ4n) is 2.81. The highest BCUT2D eigenvalue weighted by molar-refractivity contribution is 5.81. The highest BCUT2D eigenvalue weighted by atomic mass is 16.2. The summed E-state index contributed by atoms with van der Waals surface area (Å²) in [6.45, 7) is 7.77. The van der Waals surface area contributed by atoms with E-state index in [1.165, 1.54) is 12.1 Å². The van der Waals surface area contributed by atoms with Crippen LogP contribution in [0.4, 0.5) is 0 Å². The number of hydrogen-bond donors (Lipinski definition) is 2. The summed E-state index contributed by atoms with van der Waals surface area (Å²) in [5.41, 5.74) is 2.23. The minimum absolute atomic E-state index is 0.00701. The van der Waals surface area contributed by atoms with Gasteiger partial charge >= 0.3 is 0 Å². The predicted molar refractivity (Wildman–Crippen MR) is 79.6 cm³/mol. The van der Waals surface area contributed by atoms with Crippen LogP contribution in [0.15, 0.2) is 6.07 Å². The molecule has 0 aliphatic carbocycles. The van der Waals surface area contributed by atoms with Crippen LogP contribution in [0.25, 0.3) is 0 Å². The molecule has 2 atom stereocenters. The molecule has 1 aromatic heterocycles. The van der Waals surface area contributed by atoms with Gasteiger partial charge < -0.3 is 10.6 Å². The Labute approximate surface area is 121 Å². The minimum atomic E-state index is -0.00701. The average molecular weight is 278 g/mol. The highest BCUT2D eigenvalue weighted by Crippen LogP contribution is 2.12. The molecule has 1 amide bonds. The number of nitrogens with zero attached hydrogens (tertiary/aromatic N) is 2. The molecule has 1 aromatic rings. The van der Waals surface area contributed by atoms with Crippen molar-refractivity contribution < 1.29 is 4.79 Å². The number of carbonyl (C=O) groups is 1. The second kappa shape index (κ2) is 6.88.